The molecule has 3 aliphatic rings. The number of hydrogen-bond acceptors (Lipinski definition) is 18. The summed E-state index contributed by atoms with van der Waals surface area (Å²) in [6, 6.07) is -0.987. The van der Waals surface area contributed by atoms with Crippen molar-refractivity contribution in [1.29, 1.82) is 0 Å². The first-order valence-electron chi connectivity index (χ1n) is 39.6. The van der Waals surface area contributed by atoms with Gasteiger partial charge in [0, 0.05) is 6.42 Å². The molecule has 0 spiro atoms. The fourth-order valence-electron chi connectivity index (χ4n) is 13.6. The van der Waals surface area contributed by atoms with Crippen LogP contribution in [0.25, 0.3) is 0 Å². The van der Waals surface area contributed by atoms with E-state index >= 15 is 0 Å². The highest BCUT2D eigenvalue weighted by atomic mass is 16.8. The van der Waals surface area contributed by atoms with E-state index in [0.717, 1.165) is 38.5 Å². The third kappa shape index (κ3) is 39.1. The third-order valence-electron chi connectivity index (χ3n) is 20.0. The Kier molecular flexibility index (Phi) is 54.1. The number of carbonyl (C=O) groups is 1. The third-order valence-corrected chi connectivity index (χ3v) is 20.0. The Morgan fingerprint density at radius 3 is 1.04 bits per heavy atom. The standard InChI is InChI=1S/C77H145NO18/c1-3-5-7-9-11-13-15-17-19-21-22-23-24-25-26-27-28-29-30-31-32-33-34-35-36-37-38-39-41-43-45-47-49-51-53-55-65(83)78-60(61(82)54-52-50-48-46-44-42-40-20-18-16-14-12-10-8-6-4-2)59-91-75-71(89)68(86)73(63(57-80)93-75)96-77-72(90)69(87)74(64(58-81)94-77)95-76-70(88)67(85)66(84)62(56-79)92-76/h44,46,52,54,60-64,66-77,79-82,84-90H,3-43,45,47-51,53,55-59H2,1-2H3,(H,78,83)/b46-44+,54-52+. The van der Waals surface area contributed by atoms with Crippen molar-refractivity contribution in [2.45, 2.75) is 433 Å². The first kappa shape index (κ1) is 88.5. The molecule has 0 aromatic rings. The summed E-state index contributed by atoms with van der Waals surface area (Å²) in [7, 11) is 0. The Hall–Kier alpha value is -1.73. The van der Waals surface area contributed by atoms with E-state index in [4.69, 9.17) is 28.4 Å². The van der Waals surface area contributed by atoms with E-state index in [9.17, 15) is 61.0 Å². The fourth-order valence-corrected chi connectivity index (χ4v) is 13.6. The highest BCUT2D eigenvalue weighted by Crippen LogP contribution is 2.33. The number of aliphatic hydroxyl groups excluding tert-OH is 11. The van der Waals surface area contributed by atoms with E-state index in [0.29, 0.717) is 12.8 Å². The number of rotatable bonds is 63. The first-order valence-corrected chi connectivity index (χ1v) is 39.6. The second kappa shape index (κ2) is 58.7. The van der Waals surface area contributed by atoms with Crippen molar-refractivity contribution < 1.29 is 89.4 Å². The van der Waals surface area contributed by atoms with Crippen LogP contribution in [0.2, 0.25) is 0 Å². The number of carbonyl (C=O) groups excluding carboxylic acids is 1. The first-order chi connectivity index (χ1) is 46.8. The molecule has 0 aromatic carbocycles. The lowest BCUT2D eigenvalue weighted by Crippen LogP contribution is -2.66. The zero-order valence-corrected chi connectivity index (χ0v) is 60.4. The lowest BCUT2D eigenvalue weighted by Gasteiger charge is -2.48. The van der Waals surface area contributed by atoms with E-state index in [2.05, 4.69) is 31.3 Å². The van der Waals surface area contributed by atoms with Crippen molar-refractivity contribution in [3.05, 3.63) is 24.3 Å². The number of allylic oxidation sites excluding steroid dienone is 3. The van der Waals surface area contributed by atoms with Crippen molar-refractivity contribution in [2.24, 2.45) is 0 Å². The zero-order chi connectivity index (χ0) is 69.6. The van der Waals surface area contributed by atoms with Gasteiger partial charge in [-0.05, 0) is 32.1 Å². The van der Waals surface area contributed by atoms with Crippen LogP contribution >= 0.6 is 0 Å². The summed E-state index contributed by atoms with van der Waals surface area (Å²) in [5.41, 5.74) is 0. The van der Waals surface area contributed by atoms with Gasteiger partial charge in [-0.3, -0.25) is 4.79 Å². The minimum Gasteiger partial charge on any atom is -0.394 e. The maximum absolute atomic E-state index is 13.4. The number of aliphatic hydroxyl groups is 11. The van der Waals surface area contributed by atoms with Crippen molar-refractivity contribution in [2.75, 3.05) is 26.4 Å². The average molecular weight is 1370 g/mol. The summed E-state index contributed by atoms with van der Waals surface area (Å²) in [5, 5.41) is 121. The number of unbranched alkanes of at least 4 members (excludes halogenated alkanes) is 45. The molecule has 0 radical (unpaired) electrons. The molecule has 566 valence electrons. The number of hydrogen-bond donors (Lipinski definition) is 12. The van der Waals surface area contributed by atoms with Crippen molar-refractivity contribution >= 4 is 5.91 Å². The van der Waals surface area contributed by atoms with Gasteiger partial charge in [0.05, 0.1) is 38.6 Å². The summed E-state index contributed by atoms with van der Waals surface area (Å²) in [4.78, 5) is 13.4. The Bertz CT molecular complexity index is 1830. The second-order valence-corrected chi connectivity index (χ2v) is 28.5. The van der Waals surface area contributed by atoms with Crippen LogP contribution in [-0.4, -0.2) is 193 Å². The molecule has 0 saturated carbocycles. The number of amides is 1. The van der Waals surface area contributed by atoms with Gasteiger partial charge < -0.3 is 89.9 Å². The van der Waals surface area contributed by atoms with Gasteiger partial charge in [0.2, 0.25) is 5.91 Å². The molecule has 3 fully saturated rings. The quantitative estimate of drug-likeness (QED) is 0.0199. The molecule has 3 aliphatic heterocycles. The lowest BCUT2D eigenvalue weighted by atomic mass is 9.96. The van der Waals surface area contributed by atoms with E-state index in [-0.39, 0.29) is 18.9 Å². The summed E-state index contributed by atoms with van der Waals surface area (Å²) in [5.74, 6) is -0.279. The Morgan fingerprint density at radius 2 is 0.667 bits per heavy atom. The van der Waals surface area contributed by atoms with Crippen LogP contribution in [-0.2, 0) is 33.2 Å². The van der Waals surface area contributed by atoms with Crippen LogP contribution in [0.1, 0.15) is 328 Å². The van der Waals surface area contributed by atoms with E-state index < -0.39 is 124 Å². The van der Waals surface area contributed by atoms with Gasteiger partial charge in [-0.1, -0.05) is 314 Å². The van der Waals surface area contributed by atoms with E-state index in [1.54, 1.807) is 6.08 Å². The van der Waals surface area contributed by atoms with Gasteiger partial charge in [0.15, 0.2) is 18.9 Å². The van der Waals surface area contributed by atoms with Gasteiger partial charge in [-0.2, -0.15) is 0 Å². The van der Waals surface area contributed by atoms with Gasteiger partial charge in [-0.15, -0.1) is 0 Å². The number of ether oxygens (including phenoxy) is 6. The summed E-state index contributed by atoms with van der Waals surface area (Å²) < 4.78 is 34.4. The molecule has 17 atom stereocenters. The maximum Gasteiger partial charge on any atom is 0.220 e. The van der Waals surface area contributed by atoms with E-state index in [1.807, 2.05) is 6.08 Å². The summed E-state index contributed by atoms with van der Waals surface area (Å²) in [6.45, 7) is 1.75. The van der Waals surface area contributed by atoms with Crippen molar-refractivity contribution in [1.82, 2.24) is 5.32 Å². The molecular formula is C77H145NO18. The Morgan fingerprint density at radius 1 is 0.365 bits per heavy atom. The second-order valence-electron chi connectivity index (χ2n) is 28.5. The molecule has 0 aromatic heterocycles. The van der Waals surface area contributed by atoms with Crippen molar-refractivity contribution in [3.8, 4) is 0 Å². The smallest absolute Gasteiger partial charge is 0.220 e. The molecule has 19 nitrogen and oxygen atoms in total. The molecule has 96 heavy (non-hydrogen) atoms. The van der Waals surface area contributed by atoms with Crippen LogP contribution in [0, 0.1) is 0 Å². The predicted molar refractivity (Wildman–Crippen MR) is 379 cm³/mol. The summed E-state index contributed by atoms with van der Waals surface area (Å²) >= 11 is 0. The lowest BCUT2D eigenvalue weighted by molar-refractivity contribution is -0.379. The van der Waals surface area contributed by atoms with Crippen LogP contribution in [0.5, 0.6) is 0 Å². The zero-order valence-electron chi connectivity index (χ0n) is 60.4. The molecule has 0 bridgehead atoms. The fraction of sp³-hybridized carbons (Fsp3) is 0.935. The molecule has 3 rings (SSSR count). The number of nitrogens with one attached hydrogen (secondary N) is 1. The molecule has 1 amide bonds. The Labute approximate surface area is 581 Å². The van der Waals surface area contributed by atoms with Crippen LogP contribution in [0.15, 0.2) is 24.3 Å². The topological polar surface area (TPSA) is 307 Å². The van der Waals surface area contributed by atoms with Gasteiger partial charge >= 0.3 is 0 Å². The molecule has 12 N–H and O–H groups in total. The van der Waals surface area contributed by atoms with Crippen molar-refractivity contribution in [3.63, 3.8) is 0 Å². The van der Waals surface area contributed by atoms with Crippen LogP contribution in [0.4, 0.5) is 0 Å². The molecule has 3 saturated heterocycles. The molecule has 17 unspecified atom stereocenters. The van der Waals surface area contributed by atoms with Gasteiger partial charge in [0.1, 0.15) is 73.2 Å². The Balaban J connectivity index is 1.33. The SMILES string of the molecule is CCCCCCCCCCCC/C=C/CC/C=C/C(O)C(COC1OC(CO)C(OC2OC(CO)C(OC3OC(CO)C(O)C(O)C3O)C(O)C2O)C(O)C1O)NC(=O)CCCCCCCCCCCCCCCCCCCCCCCCCCCCCCCCCCCCC. The minimum absolute atomic E-state index is 0.241. The highest BCUT2D eigenvalue weighted by Gasteiger charge is 2.53. The predicted octanol–water partition coefficient (Wildman–Crippen LogP) is 12.6. The van der Waals surface area contributed by atoms with Gasteiger partial charge in [-0.25, -0.2) is 0 Å². The van der Waals surface area contributed by atoms with Crippen LogP contribution in [0.3, 0.4) is 0 Å². The average Bonchev–Trinajstić information content (AvgIpc) is 0.787. The van der Waals surface area contributed by atoms with Gasteiger partial charge in [0.25, 0.3) is 0 Å². The van der Waals surface area contributed by atoms with E-state index in [1.165, 1.54) is 257 Å². The molecule has 0 aliphatic carbocycles. The largest absolute Gasteiger partial charge is 0.394 e. The maximum atomic E-state index is 13.4. The molecular weight excluding hydrogens is 1230 g/mol. The molecule has 3 heterocycles. The molecule has 19 heteroatoms. The van der Waals surface area contributed by atoms with Crippen LogP contribution < -0.4 is 5.32 Å². The highest BCUT2D eigenvalue weighted by molar-refractivity contribution is 5.76. The monoisotopic (exact) mass is 1370 g/mol. The summed E-state index contributed by atoms with van der Waals surface area (Å²) in [6.07, 6.45) is 43.4. The minimum atomic E-state index is -1.98. The normalized spacial score (nSPS) is 27.1.